The summed E-state index contributed by atoms with van der Waals surface area (Å²) in [7, 11) is 0. The van der Waals surface area contributed by atoms with E-state index < -0.39 is 0 Å². The van der Waals surface area contributed by atoms with E-state index in [0.717, 1.165) is 45.1 Å². The van der Waals surface area contributed by atoms with Gasteiger partial charge in [-0.25, -0.2) is 0 Å². The molecule has 1 aliphatic heterocycles. The van der Waals surface area contributed by atoms with Crippen molar-refractivity contribution in [1.82, 2.24) is 10.2 Å². The highest BCUT2D eigenvalue weighted by atomic mass is 16.3. The molecule has 5 atom stereocenters. The number of rotatable bonds is 14. The highest BCUT2D eigenvalue weighted by Gasteiger charge is 2.34. The van der Waals surface area contributed by atoms with Gasteiger partial charge in [0, 0.05) is 32.6 Å². The van der Waals surface area contributed by atoms with Gasteiger partial charge < -0.3 is 15.3 Å². The number of β-amino-alcohol motifs (C(OH)–C–C–N with tert-alkyl or cyclic N) is 1. The molecule has 1 aliphatic carbocycles. The molecule has 2 aliphatic rings. The average molecular weight is 456 g/mol. The van der Waals surface area contributed by atoms with Crippen LogP contribution in [0.2, 0.25) is 0 Å². The number of nitrogens with zero attached hydrogens (tertiary/aromatic N) is 2. The van der Waals surface area contributed by atoms with Crippen LogP contribution in [0.5, 0.6) is 0 Å². The van der Waals surface area contributed by atoms with Crippen molar-refractivity contribution in [2.24, 2.45) is 28.7 Å². The van der Waals surface area contributed by atoms with Gasteiger partial charge in [0.25, 0.3) is 0 Å². The lowest BCUT2D eigenvalue weighted by molar-refractivity contribution is 0.0237. The number of aliphatic imine (C=N–C) groups is 1. The van der Waals surface area contributed by atoms with Crippen molar-refractivity contribution >= 4 is 5.84 Å². The predicted molar refractivity (Wildman–Crippen MR) is 141 cm³/mol. The maximum Gasteiger partial charge on any atom is 0.100 e. The third-order valence-corrected chi connectivity index (χ3v) is 7.94. The minimum Gasteiger partial charge on any atom is -0.391 e. The fourth-order valence-electron chi connectivity index (χ4n) is 6.02. The zero-order valence-corrected chi connectivity index (χ0v) is 21.5. The van der Waals surface area contributed by atoms with Crippen molar-refractivity contribution in [3.05, 3.63) is 35.9 Å². The smallest absolute Gasteiger partial charge is 0.100 e. The molecule has 0 saturated heterocycles. The van der Waals surface area contributed by atoms with Crippen LogP contribution in [0.1, 0.15) is 84.1 Å². The first-order valence-corrected chi connectivity index (χ1v) is 13.8. The summed E-state index contributed by atoms with van der Waals surface area (Å²) < 4.78 is 0. The molecule has 2 N–H and O–H groups in total. The molecule has 1 aromatic carbocycles. The van der Waals surface area contributed by atoms with Gasteiger partial charge in [-0.3, -0.25) is 4.99 Å². The van der Waals surface area contributed by atoms with Gasteiger partial charge in [0.2, 0.25) is 0 Å². The first-order chi connectivity index (χ1) is 16.1. The van der Waals surface area contributed by atoms with Gasteiger partial charge >= 0.3 is 0 Å². The third-order valence-electron chi connectivity index (χ3n) is 7.94. The number of aliphatic hydroxyl groups excluding tert-OH is 1. The molecule has 33 heavy (non-hydrogen) atoms. The van der Waals surface area contributed by atoms with Crippen LogP contribution >= 0.6 is 0 Å². The Balaban J connectivity index is 1.51. The molecule has 0 amide bonds. The summed E-state index contributed by atoms with van der Waals surface area (Å²) in [5, 5.41) is 15.1. The Morgan fingerprint density at radius 3 is 2.79 bits per heavy atom. The largest absolute Gasteiger partial charge is 0.391 e. The number of amidine groups is 1. The minimum absolute atomic E-state index is 0.245. The minimum atomic E-state index is -0.245. The molecule has 1 heterocycles. The molecule has 1 fully saturated rings. The topological polar surface area (TPSA) is 47.9 Å². The second-order valence-electron chi connectivity index (χ2n) is 10.9. The van der Waals surface area contributed by atoms with Crippen LogP contribution in [0.4, 0.5) is 0 Å². The zero-order chi connectivity index (χ0) is 23.5. The van der Waals surface area contributed by atoms with Crippen LogP contribution < -0.4 is 5.32 Å². The van der Waals surface area contributed by atoms with Crippen molar-refractivity contribution in [3.63, 3.8) is 0 Å². The highest BCUT2D eigenvalue weighted by Crippen LogP contribution is 2.38. The quantitative estimate of drug-likeness (QED) is 0.343. The van der Waals surface area contributed by atoms with Gasteiger partial charge in [0.05, 0.1) is 12.6 Å². The molecule has 0 bridgehead atoms. The summed E-state index contributed by atoms with van der Waals surface area (Å²) in [4.78, 5) is 7.17. The molecule has 0 aromatic heterocycles. The standard InChI is InChI=1S/C29H49N3O/c1-4-5-10-24(3)20-27(26-14-9-11-23(2)19-26)28(33)22-32-18-17-31-29(32)15-16-30-21-25-12-7-6-8-13-25/h6-8,12-13,23-24,26-28,30,33H,4-5,9-11,14-22H2,1-3H3. The molecule has 4 heteroatoms. The second kappa shape index (κ2) is 14.1. The molecule has 4 nitrogen and oxygen atoms in total. The Kier molecular flexibility index (Phi) is 11.2. The first kappa shape index (κ1) is 26.2. The number of nitrogens with one attached hydrogen (secondary N) is 1. The maximum absolute atomic E-state index is 11.5. The van der Waals surface area contributed by atoms with E-state index in [9.17, 15) is 5.11 Å². The molecule has 0 spiro atoms. The van der Waals surface area contributed by atoms with E-state index in [-0.39, 0.29) is 6.10 Å². The van der Waals surface area contributed by atoms with Crippen molar-refractivity contribution in [3.8, 4) is 0 Å². The predicted octanol–water partition coefficient (Wildman–Crippen LogP) is 5.90. The summed E-state index contributed by atoms with van der Waals surface area (Å²) in [5.41, 5.74) is 1.32. The number of aliphatic hydroxyl groups is 1. The molecule has 1 aromatic rings. The van der Waals surface area contributed by atoms with E-state index in [1.165, 1.54) is 62.8 Å². The number of benzene rings is 1. The Bertz CT molecular complexity index is 691. The van der Waals surface area contributed by atoms with Crippen LogP contribution in [0, 0.1) is 23.7 Å². The Labute approximate surface area is 203 Å². The molecule has 186 valence electrons. The molecule has 1 saturated carbocycles. The van der Waals surface area contributed by atoms with E-state index in [1.54, 1.807) is 0 Å². The van der Waals surface area contributed by atoms with Crippen LogP contribution in [-0.2, 0) is 6.54 Å². The zero-order valence-electron chi connectivity index (χ0n) is 21.5. The lowest BCUT2D eigenvalue weighted by atomic mass is 9.70. The van der Waals surface area contributed by atoms with Crippen molar-refractivity contribution < 1.29 is 5.11 Å². The number of hydrogen-bond acceptors (Lipinski definition) is 4. The van der Waals surface area contributed by atoms with Gasteiger partial charge in [-0.2, -0.15) is 0 Å². The van der Waals surface area contributed by atoms with E-state index in [1.807, 2.05) is 0 Å². The van der Waals surface area contributed by atoms with Gasteiger partial charge in [0.1, 0.15) is 5.84 Å². The maximum atomic E-state index is 11.5. The summed E-state index contributed by atoms with van der Waals surface area (Å²) in [6.07, 6.45) is 11.0. The highest BCUT2D eigenvalue weighted by molar-refractivity contribution is 5.84. The van der Waals surface area contributed by atoms with E-state index in [0.29, 0.717) is 17.8 Å². The SMILES string of the molecule is CCCCC(C)CC(C(O)CN1CCN=C1CCNCc1ccccc1)C1CCCC(C)C1. The Morgan fingerprint density at radius 2 is 2.03 bits per heavy atom. The monoisotopic (exact) mass is 455 g/mol. The first-order valence-electron chi connectivity index (χ1n) is 13.8. The van der Waals surface area contributed by atoms with Gasteiger partial charge in [-0.1, -0.05) is 89.6 Å². The molecule has 0 radical (unpaired) electrons. The van der Waals surface area contributed by atoms with E-state index in [2.05, 4.69) is 61.3 Å². The summed E-state index contributed by atoms with van der Waals surface area (Å²) in [5.74, 6) is 3.81. The normalized spacial score (nSPS) is 23.9. The van der Waals surface area contributed by atoms with Crippen molar-refractivity contribution in [2.45, 2.75) is 91.2 Å². The van der Waals surface area contributed by atoms with Crippen molar-refractivity contribution in [1.29, 1.82) is 0 Å². The number of unbranched alkanes of at least 4 members (excludes halogenated alkanes) is 1. The van der Waals surface area contributed by atoms with Gasteiger partial charge in [-0.15, -0.1) is 0 Å². The van der Waals surface area contributed by atoms with Crippen LogP contribution in [0.3, 0.4) is 0 Å². The van der Waals surface area contributed by atoms with Crippen LogP contribution in [0.15, 0.2) is 35.3 Å². The Hall–Kier alpha value is -1.39. The lowest BCUT2D eigenvalue weighted by Gasteiger charge is -2.38. The molecule has 5 unspecified atom stereocenters. The molecular weight excluding hydrogens is 406 g/mol. The van der Waals surface area contributed by atoms with Gasteiger partial charge in [-0.05, 0) is 42.1 Å². The van der Waals surface area contributed by atoms with Crippen molar-refractivity contribution in [2.75, 3.05) is 26.2 Å². The van der Waals surface area contributed by atoms with Gasteiger partial charge in [0.15, 0.2) is 0 Å². The fourth-order valence-corrected chi connectivity index (χ4v) is 6.02. The average Bonchev–Trinajstić information content (AvgIpc) is 3.26. The molecule has 3 rings (SSSR count). The Morgan fingerprint density at radius 1 is 1.21 bits per heavy atom. The van der Waals surface area contributed by atoms with E-state index >= 15 is 0 Å². The number of hydrogen-bond donors (Lipinski definition) is 2. The summed E-state index contributed by atoms with van der Waals surface area (Å²) in [6.45, 7) is 11.5. The van der Waals surface area contributed by atoms with Crippen LogP contribution in [0.25, 0.3) is 0 Å². The second-order valence-corrected chi connectivity index (χ2v) is 10.9. The summed E-state index contributed by atoms with van der Waals surface area (Å²) in [6, 6.07) is 10.6. The van der Waals surface area contributed by atoms with Crippen LogP contribution in [-0.4, -0.2) is 48.1 Å². The fraction of sp³-hybridized carbons (Fsp3) is 0.759. The van der Waals surface area contributed by atoms with E-state index in [4.69, 9.17) is 4.99 Å². The third kappa shape index (κ3) is 8.72. The molecular formula is C29H49N3O. The lowest BCUT2D eigenvalue weighted by Crippen LogP contribution is -2.42. The summed E-state index contributed by atoms with van der Waals surface area (Å²) >= 11 is 0.